The van der Waals surface area contributed by atoms with Crippen molar-refractivity contribution >= 4 is 38.8 Å². The number of nitrogens with two attached hydrogens (primary N) is 1. The first-order valence-corrected chi connectivity index (χ1v) is 15.8. The molecule has 10 nitrogen and oxygen atoms in total. The predicted octanol–water partition coefficient (Wildman–Crippen LogP) is 4.70. The summed E-state index contributed by atoms with van der Waals surface area (Å²) >= 11 is 6.54. The highest BCUT2D eigenvalue weighted by molar-refractivity contribution is 7.92. The van der Waals surface area contributed by atoms with Gasteiger partial charge in [0.25, 0.3) is 0 Å². The molecule has 1 aromatic heterocycles. The molecule has 1 fully saturated rings. The number of hydrogen-bond acceptors (Lipinski definition) is 7. The molecular formula is C28H42ClN7O3S. The van der Waals surface area contributed by atoms with Crippen molar-refractivity contribution in [3.8, 4) is 5.75 Å². The Labute approximate surface area is 242 Å². The number of halogens is 1. The fourth-order valence-electron chi connectivity index (χ4n) is 5.54. The van der Waals surface area contributed by atoms with E-state index in [0.29, 0.717) is 17.4 Å². The van der Waals surface area contributed by atoms with Crippen molar-refractivity contribution in [2.75, 3.05) is 30.8 Å². The highest BCUT2D eigenvalue weighted by Gasteiger charge is 2.32. The van der Waals surface area contributed by atoms with Crippen LogP contribution in [0.1, 0.15) is 69.6 Å². The van der Waals surface area contributed by atoms with Crippen LogP contribution >= 0.6 is 11.6 Å². The summed E-state index contributed by atoms with van der Waals surface area (Å²) in [6.07, 6.45) is 5.31. The third kappa shape index (κ3) is 6.26. The number of aliphatic imine (C=N–C) groups is 1. The number of nitrogens with one attached hydrogen (secondary N) is 2. The van der Waals surface area contributed by atoms with Gasteiger partial charge in [0.2, 0.25) is 14.9 Å². The zero-order valence-electron chi connectivity index (χ0n) is 24.5. The van der Waals surface area contributed by atoms with Gasteiger partial charge in [0.1, 0.15) is 17.7 Å². The Balaban J connectivity index is 1.67. The first-order valence-electron chi connectivity index (χ1n) is 13.9. The van der Waals surface area contributed by atoms with E-state index in [9.17, 15) is 8.42 Å². The van der Waals surface area contributed by atoms with Crippen LogP contribution in [0.3, 0.4) is 0 Å². The number of likely N-dealkylation sites (N-methyl/N-ethyl adjacent to an activating group) is 1. The van der Waals surface area contributed by atoms with Crippen molar-refractivity contribution in [1.29, 1.82) is 0 Å². The van der Waals surface area contributed by atoms with Gasteiger partial charge < -0.3 is 26.0 Å². The summed E-state index contributed by atoms with van der Waals surface area (Å²) in [5.41, 5.74) is 11.3. The van der Waals surface area contributed by atoms with Gasteiger partial charge in [-0.3, -0.25) is 4.68 Å². The Morgan fingerprint density at radius 2 is 2.02 bits per heavy atom. The number of benzene rings is 1. The summed E-state index contributed by atoms with van der Waals surface area (Å²) in [6, 6.07) is 2.08. The summed E-state index contributed by atoms with van der Waals surface area (Å²) in [5, 5.41) is 10.2. The molecule has 4 N–H and O–H groups in total. The van der Waals surface area contributed by atoms with Crippen LogP contribution in [0.15, 0.2) is 33.1 Å². The number of aryl methyl sites for hydroxylation is 2. The highest BCUT2D eigenvalue weighted by Crippen LogP contribution is 2.44. The van der Waals surface area contributed by atoms with Crippen molar-refractivity contribution < 1.29 is 13.2 Å². The molecule has 220 valence electrons. The minimum atomic E-state index is -3.65. The molecule has 0 bridgehead atoms. The zero-order valence-corrected chi connectivity index (χ0v) is 26.1. The van der Waals surface area contributed by atoms with Crippen molar-refractivity contribution in [2.45, 2.75) is 82.6 Å². The number of nitrogens with zero attached hydrogens (tertiary/aromatic N) is 4. The average molecular weight is 592 g/mol. The Morgan fingerprint density at radius 1 is 1.30 bits per heavy atom. The number of piperidine rings is 1. The van der Waals surface area contributed by atoms with Crippen LogP contribution in [0, 0.1) is 6.92 Å². The van der Waals surface area contributed by atoms with Gasteiger partial charge in [-0.05, 0) is 83.7 Å². The van der Waals surface area contributed by atoms with Crippen LogP contribution in [0.2, 0.25) is 0 Å². The lowest BCUT2D eigenvalue weighted by atomic mass is 9.83. The molecule has 40 heavy (non-hydrogen) atoms. The standard InChI is InChI=1S/C28H42ClN7O3S/c1-8-21(29)26(31-23-15-36(7)34-27(23)40(37,38)16(2)3)33-28(30)32-22-12-17(4)24(19-10-9-11-35(6)14-19)20-13-18(5)39-25(20)22/h12,15-16,18-19,31H,8-11,13-14H2,1-7H3,(H3,30,32,33)/b26-21+/t18-,19?/m1/s1. The molecule has 1 unspecified atom stereocenters. The third-order valence-electron chi connectivity index (χ3n) is 7.47. The van der Waals surface area contributed by atoms with E-state index < -0.39 is 15.1 Å². The van der Waals surface area contributed by atoms with E-state index >= 15 is 0 Å². The molecule has 1 aromatic carbocycles. The summed E-state index contributed by atoms with van der Waals surface area (Å²) in [7, 11) is 0.191. The van der Waals surface area contributed by atoms with Gasteiger partial charge in [0.05, 0.1) is 21.7 Å². The Bertz CT molecular complexity index is 1430. The first kappa shape index (κ1) is 30.2. The maximum absolute atomic E-state index is 12.9. The SMILES string of the molecule is CC/C(Cl)=C(\N=C(/N)Nc1cc(C)c(C2CCCN(C)C2)c2c1O[C@H](C)C2)Nc1cn(C)nc1S(=O)(=O)C(C)C. The number of guanidine groups is 1. The van der Waals surface area contributed by atoms with Crippen LogP contribution in [0.25, 0.3) is 0 Å². The van der Waals surface area contributed by atoms with Crippen LogP contribution in [0.5, 0.6) is 5.75 Å². The van der Waals surface area contributed by atoms with E-state index in [1.165, 1.54) is 34.2 Å². The van der Waals surface area contributed by atoms with Crippen LogP contribution < -0.4 is 21.1 Å². The third-order valence-corrected chi connectivity index (χ3v) is 10.0. The molecule has 12 heteroatoms. The minimum absolute atomic E-state index is 0.0640. The largest absolute Gasteiger partial charge is 0.488 e. The molecule has 2 atom stereocenters. The number of likely N-dealkylation sites (tertiary alicyclic amines) is 1. The van der Waals surface area contributed by atoms with Crippen LogP contribution in [0.4, 0.5) is 11.4 Å². The van der Waals surface area contributed by atoms with Gasteiger partial charge >= 0.3 is 0 Å². The van der Waals surface area contributed by atoms with Gasteiger partial charge in [-0.25, -0.2) is 8.42 Å². The molecule has 2 aliphatic rings. The van der Waals surface area contributed by atoms with Crippen LogP contribution in [-0.4, -0.2) is 60.5 Å². The molecule has 2 aromatic rings. The maximum Gasteiger partial charge on any atom is 0.201 e. The quantitative estimate of drug-likeness (QED) is 0.298. The topological polar surface area (TPSA) is 127 Å². The number of ether oxygens (including phenoxy) is 1. The fraction of sp³-hybridized carbons (Fsp3) is 0.571. The number of rotatable bonds is 8. The van der Waals surface area contributed by atoms with E-state index in [1.807, 2.05) is 6.92 Å². The summed E-state index contributed by atoms with van der Waals surface area (Å²) in [6.45, 7) is 11.5. The Kier molecular flexibility index (Phi) is 9.06. The molecule has 3 heterocycles. The second-order valence-corrected chi connectivity index (χ2v) is 14.0. The monoisotopic (exact) mass is 591 g/mol. The van der Waals surface area contributed by atoms with E-state index in [0.717, 1.165) is 30.9 Å². The van der Waals surface area contributed by atoms with Crippen molar-refractivity contribution in [3.05, 3.63) is 39.8 Å². The molecule has 2 aliphatic heterocycles. The lowest BCUT2D eigenvalue weighted by molar-refractivity contribution is 0.250. The highest BCUT2D eigenvalue weighted by atomic mass is 35.5. The number of anilines is 2. The second-order valence-electron chi connectivity index (χ2n) is 11.2. The zero-order chi connectivity index (χ0) is 29.4. The molecule has 0 aliphatic carbocycles. The molecule has 4 rings (SSSR count). The maximum atomic E-state index is 12.9. The molecule has 0 spiro atoms. The second kappa shape index (κ2) is 12.0. The van der Waals surface area contributed by atoms with Crippen molar-refractivity contribution in [2.24, 2.45) is 17.8 Å². The van der Waals surface area contributed by atoms with E-state index in [1.54, 1.807) is 27.1 Å². The number of hydrogen-bond donors (Lipinski definition) is 3. The molecule has 0 radical (unpaired) electrons. The van der Waals surface area contributed by atoms with E-state index in [2.05, 4.69) is 52.6 Å². The lowest BCUT2D eigenvalue weighted by Crippen LogP contribution is -2.31. The van der Waals surface area contributed by atoms with Gasteiger partial charge in [0.15, 0.2) is 5.96 Å². The van der Waals surface area contributed by atoms with Gasteiger partial charge in [-0.2, -0.15) is 10.1 Å². The minimum Gasteiger partial charge on any atom is -0.488 e. The predicted molar refractivity (Wildman–Crippen MR) is 162 cm³/mol. The molecule has 0 amide bonds. The Hall–Kier alpha value is -2.76. The van der Waals surface area contributed by atoms with Crippen molar-refractivity contribution in [1.82, 2.24) is 14.7 Å². The summed E-state index contributed by atoms with van der Waals surface area (Å²) < 4.78 is 33.6. The molecule has 0 saturated carbocycles. The first-order chi connectivity index (χ1) is 18.8. The number of sulfone groups is 1. The fourth-order valence-corrected chi connectivity index (χ4v) is 6.73. The van der Waals surface area contributed by atoms with Gasteiger partial charge in [-0.15, -0.1) is 0 Å². The van der Waals surface area contributed by atoms with Crippen LogP contribution in [-0.2, 0) is 23.3 Å². The smallest absolute Gasteiger partial charge is 0.201 e. The summed E-state index contributed by atoms with van der Waals surface area (Å²) in [5.74, 6) is 1.63. The normalized spacial score (nSPS) is 20.8. The number of aromatic nitrogens is 2. The summed E-state index contributed by atoms with van der Waals surface area (Å²) in [4.78, 5) is 6.93. The Morgan fingerprint density at radius 3 is 2.67 bits per heavy atom. The van der Waals surface area contributed by atoms with E-state index in [4.69, 9.17) is 22.1 Å². The van der Waals surface area contributed by atoms with Gasteiger partial charge in [0, 0.05) is 31.8 Å². The van der Waals surface area contributed by atoms with Crippen molar-refractivity contribution in [3.63, 3.8) is 0 Å². The van der Waals surface area contributed by atoms with E-state index in [-0.39, 0.29) is 28.6 Å². The molecule has 1 saturated heterocycles. The number of allylic oxidation sites excluding steroid dienone is 1. The number of fused-ring (bicyclic) bond motifs is 1. The average Bonchev–Trinajstić information content (AvgIpc) is 3.45. The molecular weight excluding hydrogens is 550 g/mol. The van der Waals surface area contributed by atoms with Gasteiger partial charge in [-0.1, -0.05) is 18.5 Å². The lowest BCUT2D eigenvalue weighted by Gasteiger charge is -2.32.